The number of ether oxygens (including phenoxy) is 1. The molecule has 0 aliphatic rings. The van der Waals surface area contributed by atoms with Crippen LogP contribution < -0.4 is 56.5 Å². The molecule has 3 heteroatoms. The molecule has 0 aromatic rings. The van der Waals surface area contributed by atoms with Crippen LogP contribution in [-0.4, -0.2) is 19.3 Å². The van der Waals surface area contributed by atoms with Crippen molar-refractivity contribution in [1.29, 1.82) is 0 Å². The zero-order valence-electron chi connectivity index (χ0n) is 6.52. The smallest absolute Gasteiger partial charge is 0.853 e. The van der Waals surface area contributed by atoms with E-state index >= 15 is 0 Å². The molecule has 0 saturated heterocycles. The first-order chi connectivity index (χ1) is 3.85. The van der Waals surface area contributed by atoms with E-state index in [0.717, 1.165) is 6.42 Å². The van der Waals surface area contributed by atoms with Gasteiger partial charge in [0.25, 0.3) is 0 Å². The Labute approximate surface area is 99.4 Å². The summed E-state index contributed by atoms with van der Waals surface area (Å²) in [6.07, 6.45) is 0.775. The van der Waals surface area contributed by atoms with E-state index < -0.39 is 0 Å². The van der Waals surface area contributed by atoms with Gasteiger partial charge >= 0.3 is 51.4 Å². The summed E-state index contributed by atoms with van der Waals surface area (Å²) in [6, 6.07) is 0. The summed E-state index contributed by atoms with van der Waals surface area (Å²) in [4.78, 5) is 0. The Morgan fingerprint density at radius 2 is 2.00 bits per heavy atom. The van der Waals surface area contributed by atoms with Gasteiger partial charge in [-0.2, -0.15) is 0 Å². The minimum atomic E-state index is -0.107. The number of rotatable bonds is 4. The molecule has 0 fully saturated rings. The van der Waals surface area contributed by atoms with Crippen LogP contribution in [0.25, 0.3) is 0 Å². The van der Waals surface area contributed by atoms with Gasteiger partial charge in [0.1, 0.15) is 0 Å². The predicted octanol–water partition coefficient (Wildman–Crippen LogP) is -2.83. The summed E-state index contributed by atoms with van der Waals surface area (Å²) in [5.74, 6) is 0. The average Bonchev–Trinajstić information content (AvgIpc) is 1.83. The third-order valence-corrected chi connectivity index (χ3v) is 1.04. The van der Waals surface area contributed by atoms with Crippen LogP contribution in [0.1, 0.15) is 20.3 Å². The molecule has 0 rings (SSSR count). The van der Waals surface area contributed by atoms with Gasteiger partial charge in [-0.3, -0.25) is 0 Å². The van der Waals surface area contributed by atoms with Gasteiger partial charge in [-0.05, 0) is 13.3 Å². The number of hydrogen-bond acceptors (Lipinski definition) is 2. The minimum Gasteiger partial charge on any atom is -0.853 e. The van der Waals surface area contributed by atoms with Crippen LogP contribution in [-0.2, 0) is 4.74 Å². The molecule has 0 radical (unpaired) electrons. The molecule has 0 aliphatic heterocycles. The van der Waals surface area contributed by atoms with Crippen LogP contribution >= 0.6 is 0 Å². The molecule has 1 atom stereocenters. The van der Waals surface area contributed by atoms with E-state index in [4.69, 9.17) is 4.74 Å². The zero-order chi connectivity index (χ0) is 6.41. The maximum Gasteiger partial charge on any atom is 1.00 e. The van der Waals surface area contributed by atoms with Crippen molar-refractivity contribution in [3.8, 4) is 0 Å². The van der Waals surface area contributed by atoms with Crippen molar-refractivity contribution >= 4 is 0 Å². The zero-order valence-corrected chi connectivity index (χ0v) is 9.64. The Balaban J connectivity index is 0. The average molecular weight is 156 g/mol. The molecule has 0 bridgehead atoms. The fourth-order valence-electron chi connectivity index (χ4n) is 0.520. The molecule has 0 N–H and O–H groups in total. The van der Waals surface area contributed by atoms with Crippen LogP contribution in [0, 0.1) is 0 Å². The van der Waals surface area contributed by atoms with Crippen molar-refractivity contribution in [2.75, 3.05) is 13.2 Å². The van der Waals surface area contributed by atoms with Crippen LogP contribution in [0.15, 0.2) is 0 Å². The van der Waals surface area contributed by atoms with Crippen molar-refractivity contribution < 1.29 is 61.2 Å². The normalized spacial score (nSPS) is 12.3. The van der Waals surface area contributed by atoms with E-state index in [2.05, 4.69) is 0 Å². The van der Waals surface area contributed by atoms with Gasteiger partial charge in [0.15, 0.2) is 0 Å². The third kappa shape index (κ3) is 7.45. The van der Waals surface area contributed by atoms with Crippen LogP contribution in [0.5, 0.6) is 0 Å². The standard InChI is InChI=1S/C6H13O2.K/c1-3-6(5-7)8-4-2;/h6H,3-5H2,1-2H3;/q-1;+1. The fourth-order valence-corrected chi connectivity index (χ4v) is 0.520. The van der Waals surface area contributed by atoms with Crippen molar-refractivity contribution in [3.05, 3.63) is 0 Å². The topological polar surface area (TPSA) is 32.3 Å². The second kappa shape index (κ2) is 9.56. The predicted molar refractivity (Wildman–Crippen MR) is 30.6 cm³/mol. The molecule has 9 heavy (non-hydrogen) atoms. The van der Waals surface area contributed by atoms with E-state index in [0.29, 0.717) is 6.61 Å². The molecule has 1 unspecified atom stereocenters. The first kappa shape index (κ1) is 13.2. The molecule has 50 valence electrons. The molecule has 0 spiro atoms. The largest absolute Gasteiger partial charge is 1.00 e. The molecule has 2 nitrogen and oxygen atoms in total. The van der Waals surface area contributed by atoms with Gasteiger partial charge in [-0.25, -0.2) is 0 Å². The SMILES string of the molecule is CCOC(CC)C[O-].[K+]. The molecule has 0 amide bonds. The van der Waals surface area contributed by atoms with Gasteiger partial charge in [0.05, 0.1) is 0 Å². The minimum absolute atomic E-state index is 0. The van der Waals surface area contributed by atoms with Crippen molar-refractivity contribution in [2.45, 2.75) is 26.4 Å². The summed E-state index contributed by atoms with van der Waals surface area (Å²) < 4.78 is 5.03. The summed E-state index contributed by atoms with van der Waals surface area (Å²) >= 11 is 0. The van der Waals surface area contributed by atoms with E-state index in [9.17, 15) is 5.11 Å². The Morgan fingerprint density at radius 1 is 1.44 bits per heavy atom. The Kier molecular flexibility index (Phi) is 14.0. The molecule has 0 saturated carbocycles. The van der Waals surface area contributed by atoms with Gasteiger partial charge in [0.2, 0.25) is 0 Å². The van der Waals surface area contributed by atoms with Crippen LogP contribution in [0.4, 0.5) is 0 Å². The fraction of sp³-hybridized carbons (Fsp3) is 1.00. The first-order valence-electron chi connectivity index (χ1n) is 3.04. The van der Waals surface area contributed by atoms with E-state index in [1.165, 1.54) is 0 Å². The molecule has 0 heterocycles. The summed E-state index contributed by atoms with van der Waals surface area (Å²) in [6.45, 7) is 4.40. The first-order valence-corrected chi connectivity index (χ1v) is 3.04. The second-order valence-electron chi connectivity index (χ2n) is 1.65. The quantitative estimate of drug-likeness (QED) is 0.411. The van der Waals surface area contributed by atoms with Crippen molar-refractivity contribution in [3.63, 3.8) is 0 Å². The molecule has 0 aliphatic carbocycles. The third-order valence-electron chi connectivity index (χ3n) is 1.04. The van der Waals surface area contributed by atoms with Gasteiger partial charge < -0.3 is 9.84 Å². The van der Waals surface area contributed by atoms with E-state index in [1.54, 1.807) is 0 Å². The maximum atomic E-state index is 10.1. The Morgan fingerprint density at radius 3 is 2.11 bits per heavy atom. The molecule has 0 aromatic carbocycles. The number of hydrogen-bond donors (Lipinski definition) is 0. The molecular weight excluding hydrogens is 143 g/mol. The Bertz CT molecular complexity index is 46.3. The van der Waals surface area contributed by atoms with Crippen LogP contribution in [0.2, 0.25) is 0 Å². The van der Waals surface area contributed by atoms with Gasteiger partial charge in [-0.15, -0.1) is 6.61 Å². The maximum absolute atomic E-state index is 10.1. The summed E-state index contributed by atoms with van der Waals surface area (Å²) in [5, 5.41) is 10.1. The molecule has 0 aromatic heterocycles. The van der Waals surface area contributed by atoms with Crippen molar-refractivity contribution in [1.82, 2.24) is 0 Å². The van der Waals surface area contributed by atoms with Crippen LogP contribution in [0.3, 0.4) is 0 Å². The van der Waals surface area contributed by atoms with E-state index in [-0.39, 0.29) is 64.1 Å². The Hall–Kier alpha value is 1.56. The van der Waals surface area contributed by atoms with E-state index in [1.807, 2.05) is 13.8 Å². The summed E-state index contributed by atoms with van der Waals surface area (Å²) in [5.41, 5.74) is 0. The second-order valence-corrected chi connectivity index (χ2v) is 1.65. The summed E-state index contributed by atoms with van der Waals surface area (Å²) in [7, 11) is 0. The van der Waals surface area contributed by atoms with Gasteiger partial charge in [-0.1, -0.05) is 6.92 Å². The molecular formula is C6H13KO2. The van der Waals surface area contributed by atoms with Crippen molar-refractivity contribution in [2.24, 2.45) is 0 Å². The monoisotopic (exact) mass is 156 g/mol. The van der Waals surface area contributed by atoms with Gasteiger partial charge in [0, 0.05) is 12.7 Å².